The lowest BCUT2D eigenvalue weighted by Crippen LogP contribution is -2.32. The summed E-state index contributed by atoms with van der Waals surface area (Å²) in [7, 11) is -1.81. The average molecular weight is 319 g/mol. The minimum Gasteiger partial charge on any atom is -0.274 e. The minimum absolute atomic E-state index is 0.0458. The average Bonchev–Trinajstić information content (AvgIpc) is 3.04. The molecule has 1 atom stereocenters. The first kappa shape index (κ1) is 15.2. The number of sulfonamides is 1. The Labute approximate surface area is 131 Å². The third-order valence-electron chi connectivity index (χ3n) is 4.15. The van der Waals surface area contributed by atoms with Crippen LogP contribution in [0.4, 0.5) is 0 Å². The Morgan fingerprint density at radius 2 is 1.91 bits per heavy atom. The van der Waals surface area contributed by atoms with E-state index in [1.165, 1.54) is 10.9 Å². The van der Waals surface area contributed by atoms with Crippen LogP contribution in [-0.4, -0.2) is 29.0 Å². The Kier molecular flexibility index (Phi) is 3.61. The van der Waals surface area contributed by atoms with Crippen molar-refractivity contribution >= 4 is 10.0 Å². The molecule has 0 amide bonds. The van der Waals surface area contributed by atoms with Crippen molar-refractivity contribution in [3.05, 3.63) is 48.3 Å². The Morgan fingerprint density at radius 3 is 2.50 bits per heavy atom. The molecule has 22 heavy (non-hydrogen) atoms. The molecule has 1 aliphatic heterocycles. The van der Waals surface area contributed by atoms with Gasteiger partial charge in [-0.2, -0.15) is 9.40 Å². The fourth-order valence-electron chi connectivity index (χ4n) is 3.10. The van der Waals surface area contributed by atoms with Crippen molar-refractivity contribution in [3.8, 4) is 0 Å². The van der Waals surface area contributed by atoms with Gasteiger partial charge >= 0.3 is 0 Å². The van der Waals surface area contributed by atoms with Crippen molar-refractivity contribution in [1.29, 1.82) is 0 Å². The summed E-state index contributed by atoms with van der Waals surface area (Å²) < 4.78 is 29.1. The second kappa shape index (κ2) is 5.21. The number of rotatable bonds is 3. The lowest BCUT2D eigenvalue weighted by atomic mass is 9.89. The van der Waals surface area contributed by atoms with Gasteiger partial charge in [-0.05, 0) is 17.4 Å². The number of benzene rings is 1. The van der Waals surface area contributed by atoms with Crippen LogP contribution in [0.5, 0.6) is 0 Å². The molecule has 1 aromatic carbocycles. The summed E-state index contributed by atoms with van der Waals surface area (Å²) >= 11 is 0. The number of nitrogens with zero attached hydrogens (tertiary/aromatic N) is 3. The van der Waals surface area contributed by atoms with Gasteiger partial charge in [0.25, 0.3) is 0 Å². The molecular formula is C16H21N3O2S. The van der Waals surface area contributed by atoms with E-state index in [2.05, 4.69) is 18.9 Å². The predicted octanol–water partition coefficient (Wildman–Crippen LogP) is 2.58. The Balaban J connectivity index is 2.03. The minimum atomic E-state index is -3.54. The number of aryl methyl sites for hydroxylation is 1. The summed E-state index contributed by atoms with van der Waals surface area (Å²) in [6, 6.07) is 9.73. The van der Waals surface area contributed by atoms with Crippen LogP contribution in [0, 0.1) is 5.41 Å². The Hall–Kier alpha value is -1.66. The van der Waals surface area contributed by atoms with E-state index in [9.17, 15) is 8.42 Å². The van der Waals surface area contributed by atoms with Gasteiger partial charge in [-0.3, -0.25) is 4.68 Å². The van der Waals surface area contributed by atoms with Crippen LogP contribution in [0.2, 0.25) is 0 Å². The van der Waals surface area contributed by atoms with Gasteiger partial charge < -0.3 is 0 Å². The van der Waals surface area contributed by atoms with Crippen LogP contribution >= 0.6 is 0 Å². The molecule has 1 aromatic heterocycles. The lowest BCUT2D eigenvalue weighted by molar-refractivity contribution is 0.368. The van der Waals surface area contributed by atoms with Crippen LogP contribution in [0.3, 0.4) is 0 Å². The molecule has 1 aliphatic rings. The van der Waals surface area contributed by atoms with E-state index in [1.807, 2.05) is 30.3 Å². The van der Waals surface area contributed by atoms with Crippen molar-refractivity contribution in [2.24, 2.45) is 12.5 Å². The number of hydrogen-bond acceptors (Lipinski definition) is 3. The molecule has 1 saturated heterocycles. The fraction of sp³-hybridized carbons (Fsp3) is 0.438. The SMILES string of the molecule is Cn1cc(S(=O)(=O)N2CC(C)(C)CC2c2ccccc2)cn1. The van der Waals surface area contributed by atoms with Gasteiger partial charge in [0.1, 0.15) is 4.90 Å². The molecule has 0 aliphatic carbocycles. The van der Waals surface area contributed by atoms with Crippen LogP contribution in [-0.2, 0) is 17.1 Å². The fourth-order valence-corrected chi connectivity index (χ4v) is 4.89. The highest BCUT2D eigenvalue weighted by Crippen LogP contribution is 2.45. The third kappa shape index (κ3) is 2.68. The number of hydrogen-bond donors (Lipinski definition) is 0. The molecule has 5 nitrogen and oxygen atoms in total. The second-order valence-electron chi connectivity index (χ2n) is 6.69. The first-order chi connectivity index (χ1) is 10.3. The zero-order valence-corrected chi connectivity index (χ0v) is 13.9. The largest absolute Gasteiger partial charge is 0.274 e. The standard InChI is InChI=1S/C16H21N3O2S/c1-16(2)9-15(13-7-5-4-6-8-13)19(12-16)22(20,21)14-10-17-18(3)11-14/h4-8,10-11,15H,9,12H2,1-3H3. The Bertz CT molecular complexity index is 766. The smallest absolute Gasteiger partial charge is 0.246 e. The molecule has 0 saturated carbocycles. The van der Waals surface area contributed by atoms with Gasteiger partial charge in [0, 0.05) is 19.8 Å². The van der Waals surface area contributed by atoms with Crippen molar-refractivity contribution in [1.82, 2.24) is 14.1 Å². The molecule has 2 aromatic rings. The number of aromatic nitrogens is 2. The highest BCUT2D eigenvalue weighted by molar-refractivity contribution is 7.89. The van der Waals surface area contributed by atoms with E-state index in [0.29, 0.717) is 6.54 Å². The summed E-state index contributed by atoms with van der Waals surface area (Å²) in [5, 5.41) is 4.00. The van der Waals surface area contributed by atoms with Gasteiger partial charge in [-0.1, -0.05) is 44.2 Å². The lowest BCUT2D eigenvalue weighted by Gasteiger charge is -2.23. The normalized spacial score (nSPS) is 22.0. The zero-order valence-electron chi connectivity index (χ0n) is 13.1. The van der Waals surface area contributed by atoms with Crippen LogP contribution < -0.4 is 0 Å². The molecule has 6 heteroatoms. The summed E-state index contributed by atoms with van der Waals surface area (Å²) in [5.74, 6) is 0. The molecule has 1 unspecified atom stereocenters. The molecule has 118 valence electrons. The van der Waals surface area contributed by atoms with Crippen molar-refractivity contribution in [2.75, 3.05) is 6.54 Å². The molecular weight excluding hydrogens is 298 g/mol. The maximum absolute atomic E-state index is 13.0. The Morgan fingerprint density at radius 1 is 1.23 bits per heavy atom. The quantitative estimate of drug-likeness (QED) is 0.874. The third-order valence-corrected chi connectivity index (χ3v) is 5.96. The summed E-state index contributed by atoms with van der Waals surface area (Å²) in [6.07, 6.45) is 3.79. The van der Waals surface area contributed by atoms with E-state index in [4.69, 9.17) is 0 Å². The van der Waals surface area contributed by atoms with E-state index in [-0.39, 0.29) is 16.4 Å². The van der Waals surface area contributed by atoms with E-state index in [0.717, 1.165) is 12.0 Å². The van der Waals surface area contributed by atoms with E-state index >= 15 is 0 Å². The topological polar surface area (TPSA) is 55.2 Å². The molecule has 0 bridgehead atoms. The molecule has 2 heterocycles. The van der Waals surface area contributed by atoms with Crippen LogP contribution in [0.25, 0.3) is 0 Å². The molecule has 0 radical (unpaired) electrons. The second-order valence-corrected chi connectivity index (χ2v) is 8.59. The van der Waals surface area contributed by atoms with Gasteiger partial charge in [-0.15, -0.1) is 0 Å². The van der Waals surface area contributed by atoms with Crippen molar-refractivity contribution in [3.63, 3.8) is 0 Å². The molecule has 0 spiro atoms. The highest BCUT2D eigenvalue weighted by atomic mass is 32.2. The first-order valence-corrected chi connectivity index (χ1v) is 8.79. The van der Waals surface area contributed by atoms with Crippen molar-refractivity contribution in [2.45, 2.75) is 31.2 Å². The van der Waals surface area contributed by atoms with Gasteiger partial charge in [0.2, 0.25) is 10.0 Å². The van der Waals surface area contributed by atoms with Crippen molar-refractivity contribution < 1.29 is 8.42 Å². The maximum Gasteiger partial charge on any atom is 0.246 e. The summed E-state index contributed by atoms with van der Waals surface area (Å²) in [4.78, 5) is 0.258. The van der Waals surface area contributed by atoms with Gasteiger partial charge in [0.05, 0.1) is 12.2 Å². The molecule has 0 N–H and O–H groups in total. The molecule has 3 rings (SSSR count). The summed E-state index contributed by atoms with van der Waals surface area (Å²) in [5.41, 5.74) is 0.996. The van der Waals surface area contributed by atoms with Crippen LogP contribution in [0.15, 0.2) is 47.6 Å². The zero-order chi connectivity index (χ0) is 16.0. The van der Waals surface area contributed by atoms with Gasteiger partial charge in [-0.25, -0.2) is 8.42 Å². The maximum atomic E-state index is 13.0. The van der Waals surface area contributed by atoms with E-state index < -0.39 is 10.0 Å². The summed E-state index contributed by atoms with van der Waals surface area (Å²) in [6.45, 7) is 4.74. The molecule has 1 fully saturated rings. The monoisotopic (exact) mass is 319 g/mol. The van der Waals surface area contributed by atoms with Crippen LogP contribution in [0.1, 0.15) is 31.9 Å². The van der Waals surface area contributed by atoms with Gasteiger partial charge in [0.15, 0.2) is 0 Å². The predicted molar refractivity (Wildman–Crippen MR) is 84.7 cm³/mol. The first-order valence-electron chi connectivity index (χ1n) is 7.35. The van der Waals surface area contributed by atoms with E-state index in [1.54, 1.807) is 17.5 Å². The highest BCUT2D eigenvalue weighted by Gasteiger charge is 2.44.